The van der Waals surface area contributed by atoms with E-state index in [1.54, 1.807) is 0 Å². The highest BCUT2D eigenvalue weighted by Gasteiger charge is 2.35. The Bertz CT molecular complexity index is 3280. The summed E-state index contributed by atoms with van der Waals surface area (Å²) in [6.45, 7) is 4.60. The van der Waals surface area contributed by atoms with Crippen LogP contribution in [0.5, 0.6) is 0 Å². The summed E-state index contributed by atoms with van der Waals surface area (Å²) >= 11 is 0. The smallest absolute Gasteiger partial charge is 0.164 e. The van der Waals surface area contributed by atoms with E-state index < -0.39 is 0 Å². The van der Waals surface area contributed by atoms with Crippen LogP contribution in [-0.4, -0.2) is 24.9 Å². The summed E-state index contributed by atoms with van der Waals surface area (Å²) in [5, 5.41) is 2.37. The average molecular weight is 782 g/mol. The van der Waals surface area contributed by atoms with Crippen LogP contribution in [0.3, 0.4) is 0 Å². The van der Waals surface area contributed by atoms with Crippen molar-refractivity contribution in [2.75, 3.05) is 0 Å². The molecular formula is C56H39N5. The van der Waals surface area contributed by atoms with Crippen LogP contribution in [0.25, 0.3) is 101 Å². The summed E-state index contributed by atoms with van der Waals surface area (Å²) in [5.74, 6) is 2.58. The van der Waals surface area contributed by atoms with Crippen molar-refractivity contribution >= 4 is 10.8 Å². The Morgan fingerprint density at radius 3 is 1.43 bits per heavy atom. The Hall–Kier alpha value is -7.89. The molecule has 0 fully saturated rings. The lowest BCUT2D eigenvalue weighted by atomic mass is 9.82. The van der Waals surface area contributed by atoms with Gasteiger partial charge in [-0.1, -0.05) is 184 Å². The van der Waals surface area contributed by atoms with E-state index in [9.17, 15) is 0 Å². The van der Waals surface area contributed by atoms with E-state index in [0.29, 0.717) is 23.3 Å². The largest absolute Gasteiger partial charge is 0.228 e. The third kappa shape index (κ3) is 6.67. The molecule has 1 aliphatic rings. The molecule has 8 aromatic carbocycles. The van der Waals surface area contributed by atoms with Gasteiger partial charge in [0.05, 0.1) is 11.4 Å². The first-order valence-electron chi connectivity index (χ1n) is 20.7. The highest BCUT2D eigenvalue weighted by Crippen LogP contribution is 2.49. The predicted octanol–water partition coefficient (Wildman–Crippen LogP) is 13.8. The molecule has 5 nitrogen and oxygen atoms in total. The molecular weight excluding hydrogens is 743 g/mol. The minimum atomic E-state index is -0.0845. The van der Waals surface area contributed by atoms with E-state index in [1.165, 1.54) is 33.0 Å². The van der Waals surface area contributed by atoms with Crippen LogP contribution < -0.4 is 0 Å². The minimum absolute atomic E-state index is 0.0845. The molecule has 0 bridgehead atoms. The van der Waals surface area contributed by atoms with Crippen LogP contribution in [0.2, 0.25) is 0 Å². The van der Waals surface area contributed by atoms with Gasteiger partial charge < -0.3 is 0 Å². The number of aromatic nitrogens is 5. The average Bonchev–Trinajstić information content (AvgIpc) is 3.56. The van der Waals surface area contributed by atoms with E-state index in [1.807, 2.05) is 48.5 Å². The second kappa shape index (κ2) is 14.7. The zero-order valence-electron chi connectivity index (χ0n) is 33.8. The molecule has 0 spiro atoms. The molecule has 0 aliphatic heterocycles. The Labute approximate surface area is 355 Å². The molecule has 10 aromatic rings. The molecule has 2 aromatic heterocycles. The SMILES string of the molecule is CC1(C)c2ccccc2-c2cc(-c3nc(-c4ccccc4)nc(-c4cccc(-c5cccc(-c6cc(-c7ccc8ccccc8c7)nc(-c7ccccc7)n6)c5)c4)n3)ccc21. The van der Waals surface area contributed by atoms with Gasteiger partial charge in [-0.3, -0.25) is 0 Å². The van der Waals surface area contributed by atoms with Gasteiger partial charge in [0.15, 0.2) is 23.3 Å². The van der Waals surface area contributed by atoms with Crippen LogP contribution in [0.4, 0.5) is 0 Å². The summed E-state index contributed by atoms with van der Waals surface area (Å²) < 4.78 is 0. The number of fused-ring (bicyclic) bond motifs is 4. The normalized spacial score (nSPS) is 12.6. The Morgan fingerprint density at radius 1 is 0.279 bits per heavy atom. The van der Waals surface area contributed by atoms with Crippen molar-refractivity contribution < 1.29 is 0 Å². The van der Waals surface area contributed by atoms with Crippen LogP contribution in [-0.2, 0) is 5.41 Å². The minimum Gasteiger partial charge on any atom is -0.228 e. The molecule has 0 saturated heterocycles. The maximum Gasteiger partial charge on any atom is 0.164 e. The Kier molecular flexibility index (Phi) is 8.75. The van der Waals surface area contributed by atoms with Crippen LogP contribution in [0.15, 0.2) is 200 Å². The van der Waals surface area contributed by atoms with E-state index in [4.69, 9.17) is 24.9 Å². The van der Waals surface area contributed by atoms with Gasteiger partial charge >= 0.3 is 0 Å². The third-order valence-electron chi connectivity index (χ3n) is 11.9. The van der Waals surface area contributed by atoms with Gasteiger partial charge in [0.25, 0.3) is 0 Å². The number of benzene rings is 8. The molecule has 1 aliphatic carbocycles. The van der Waals surface area contributed by atoms with Gasteiger partial charge in [0.1, 0.15) is 0 Å². The fourth-order valence-corrected chi connectivity index (χ4v) is 8.71. The standard InChI is InChI=1S/C56H39N5/c1-56(2)48-26-12-11-25-46(48)47-34-45(29-30-49(47)56)55-60-53(38-18-7-4-8-19-38)59-54(61-55)44-24-14-22-41(33-44)40-21-13-23-42(32-40)50-35-51(58-52(57-50)37-16-5-3-6-17-37)43-28-27-36-15-9-10-20-39(36)31-43/h3-35H,1-2H3. The lowest BCUT2D eigenvalue weighted by Crippen LogP contribution is -2.14. The molecule has 0 atom stereocenters. The van der Waals surface area contributed by atoms with Crippen molar-refractivity contribution in [1.29, 1.82) is 0 Å². The highest BCUT2D eigenvalue weighted by molar-refractivity contribution is 5.88. The van der Waals surface area contributed by atoms with E-state index in [0.717, 1.165) is 55.9 Å². The molecule has 0 unspecified atom stereocenters. The van der Waals surface area contributed by atoms with Crippen molar-refractivity contribution in [3.8, 4) is 90.3 Å². The van der Waals surface area contributed by atoms with Gasteiger partial charge in [-0.2, -0.15) is 0 Å². The molecule has 0 radical (unpaired) electrons. The zero-order chi connectivity index (χ0) is 40.9. The molecule has 0 saturated carbocycles. The van der Waals surface area contributed by atoms with Gasteiger partial charge in [0, 0.05) is 38.8 Å². The Morgan fingerprint density at radius 2 is 0.738 bits per heavy atom. The van der Waals surface area contributed by atoms with Crippen molar-refractivity contribution in [3.05, 3.63) is 211 Å². The fourth-order valence-electron chi connectivity index (χ4n) is 8.71. The zero-order valence-corrected chi connectivity index (χ0v) is 33.8. The topological polar surface area (TPSA) is 64.5 Å². The van der Waals surface area contributed by atoms with Crippen molar-refractivity contribution in [3.63, 3.8) is 0 Å². The first-order chi connectivity index (χ1) is 29.9. The lowest BCUT2D eigenvalue weighted by Gasteiger charge is -2.21. The van der Waals surface area contributed by atoms with E-state index in [2.05, 4.69) is 166 Å². The number of rotatable bonds is 7. The molecule has 2 heterocycles. The second-order valence-electron chi connectivity index (χ2n) is 16.2. The predicted molar refractivity (Wildman–Crippen MR) is 249 cm³/mol. The van der Waals surface area contributed by atoms with Crippen LogP contribution >= 0.6 is 0 Å². The maximum absolute atomic E-state index is 5.17. The molecule has 11 rings (SSSR count). The fraction of sp³-hybridized carbons (Fsp3) is 0.0536. The third-order valence-corrected chi connectivity index (χ3v) is 11.9. The second-order valence-corrected chi connectivity index (χ2v) is 16.2. The monoisotopic (exact) mass is 781 g/mol. The summed E-state index contributed by atoms with van der Waals surface area (Å²) in [7, 11) is 0. The first-order valence-corrected chi connectivity index (χ1v) is 20.7. The van der Waals surface area contributed by atoms with Gasteiger partial charge in [-0.15, -0.1) is 0 Å². The van der Waals surface area contributed by atoms with Crippen LogP contribution in [0.1, 0.15) is 25.0 Å². The van der Waals surface area contributed by atoms with E-state index in [-0.39, 0.29) is 5.41 Å². The lowest BCUT2D eigenvalue weighted by molar-refractivity contribution is 0.660. The van der Waals surface area contributed by atoms with Crippen molar-refractivity contribution in [2.45, 2.75) is 19.3 Å². The number of hydrogen-bond donors (Lipinski definition) is 0. The molecule has 61 heavy (non-hydrogen) atoms. The van der Waals surface area contributed by atoms with Gasteiger partial charge in [-0.25, -0.2) is 24.9 Å². The van der Waals surface area contributed by atoms with Gasteiger partial charge in [-0.05, 0) is 74.5 Å². The van der Waals surface area contributed by atoms with Gasteiger partial charge in [0.2, 0.25) is 0 Å². The van der Waals surface area contributed by atoms with Crippen molar-refractivity contribution in [2.24, 2.45) is 0 Å². The van der Waals surface area contributed by atoms with Crippen LogP contribution in [0, 0.1) is 0 Å². The maximum atomic E-state index is 5.17. The summed E-state index contributed by atoms with van der Waals surface area (Å²) in [5.41, 5.74) is 14.7. The summed E-state index contributed by atoms with van der Waals surface area (Å²) in [4.78, 5) is 25.6. The first kappa shape index (κ1) is 36.2. The molecule has 5 heteroatoms. The van der Waals surface area contributed by atoms with E-state index >= 15 is 0 Å². The molecule has 0 N–H and O–H groups in total. The quantitative estimate of drug-likeness (QED) is 0.161. The number of nitrogens with zero attached hydrogens (tertiary/aromatic N) is 5. The Balaban J connectivity index is 0.997. The highest BCUT2D eigenvalue weighted by atomic mass is 15.0. The molecule has 288 valence electrons. The summed E-state index contributed by atoms with van der Waals surface area (Å²) in [6.07, 6.45) is 0. The van der Waals surface area contributed by atoms with Crippen molar-refractivity contribution in [1.82, 2.24) is 24.9 Å². The molecule has 0 amide bonds. The number of hydrogen-bond acceptors (Lipinski definition) is 5. The summed E-state index contributed by atoms with van der Waals surface area (Å²) in [6, 6.07) is 69.8.